The van der Waals surface area contributed by atoms with Crippen molar-refractivity contribution >= 4 is 29.9 Å². The Kier molecular flexibility index (Phi) is 5.49. The van der Waals surface area contributed by atoms with Crippen molar-refractivity contribution in [1.29, 1.82) is 0 Å². The summed E-state index contributed by atoms with van der Waals surface area (Å²) in [7, 11) is 0. The van der Waals surface area contributed by atoms with E-state index in [4.69, 9.17) is 10.5 Å². The number of benzene rings is 1. The molecule has 2 atom stereocenters. The van der Waals surface area contributed by atoms with Crippen LogP contribution in [0.15, 0.2) is 24.3 Å². The first-order valence-electron chi connectivity index (χ1n) is 7.66. The van der Waals surface area contributed by atoms with Crippen LogP contribution in [0, 0.1) is 0 Å². The molecule has 2 aliphatic rings. The number of carbonyl (C=O) groups is 2. The van der Waals surface area contributed by atoms with E-state index >= 15 is 0 Å². The summed E-state index contributed by atoms with van der Waals surface area (Å²) in [4.78, 5) is 28.2. The van der Waals surface area contributed by atoms with Crippen molar-refractivity contribution in [3.63, 3.8) is 0 Å². The molecule has 126 valence electrons. The van der Waals surface area contributed by atoms with Gasteiger partial charge in [0.2, 0.25) is 5.91 Å². The lowest BCUT2D eigenvalue weighted by Crippen LogP contribution is -2.52. The fraction of sp³-hybridized carbons (Fsp3) is 0.500. The van der Waals surface area contributed by atoms with E-state index in [0.29, 0.717) is 24.5 Å². The number of anilines is 1. The highest BCUT2D eigenvalue weighted by molar-refractivity contribution is 6.03. The van der Waals surface area contributed by atoms with Gasteiger partial charge in [-0.3, -0.25) is 14.5 Å². The predicted molar refractivity (Wildman–Crippen MR) is 89.9 cm³/mol. The van der Waals surface area contributed by atoms with Crippen LogP contribution in [-0.2, 0) is 9.59 Å². The highest BCUT2D eigenvalue weighted by Crippen LogP contribution is 2.33. The maximum atomic E-state index is 12.5. The maximum absolute atomic E-state index is 12.5. The van der Waals surface area contributed by atoms with Gasteiger partial charge in [-0.25, -0.2) is 0 Å². The van der Waals surface area contributed by atoms with Gasteiger partial charge in [0.15, 0.2) is 6.10 Å². The van der Waals surface area contributed by atoms with Crippen molar-refractivity contribution in [3.8, 4) is 5.75 Å². The molecule has 2 amide bonds. The molecule has 3 rings (SSSR count). The number of hydrogen-bond acceptors (Lipinski definition) is 4. The van der Waals surface area contributed by atoms with Gasteiger partial charge in [-0.1, -0.05) is 12.1 Å². The van der Waals surface area contributed by atoms with E-state index < -0.39 is 6.10 Å². The molecule has 0 saturated carbocycles. The largest absolute Gasteiger partial charge is 0.479 e. The number of carbonyl (C=O) groups excluding carboxylic acids is 2. The molecule has 1 aromatic rings. The molecular weight excluding hydrogens is 318 g/mol. The summed E-state index contributed by atoms with van der Waals surface area (Å²) in [5, 5.41) is 0. The smallest absolute Gasteiger partial charge is 0.268 e. The Hall–Kier alpha value is -1.79. The molecule has 23 heavy (non-hydrogen) atoms. The third-order valence-electron chi connectivity index (χ3n) is 4.18. The summed E-state index contributed by atoms with van der Waals surface area (Å²) >= 11 is 0. The number of halogens is 1. The average molecular weight is 340 g/mol. The van der Waals surface area contributed by atoms with Gasteiger partial charge in [-0.2, -0.15) is 0 Å². The van der Waals surface area contributed by atoms with Gasteiger partial charge in [0.25, 0.3) is 5.91 Å². The summed E-state index contributed by atoms with van der Waals surface area (Å²) < 4.78 is 5.58. The number of amides is 2. The molecule has 1 fully saturated rings. The quantitative estimate of drug-likeness (QED) is 0.877. The Labute approximate surface area is 142 Å². The highest BCUT2D eigenvalue weighted by Gasteiger charge is 2.34. The zero-order valence-electron chi connectivity index (χ0n) is 13.1. The van der Waals surface area contributed by atoms with Gasteiger partial charge in [0, 0.05) is 19.1 Å². The van der Waals surface area contributed by atoms with Gasteiger partial charge in [-0.05, 0) is 31.9 Å². The fourth-order valence-electron chi connectivity index (χ4n) is 2.99. The van der Waals surface area contributed by atoms with E-state index in [-0.39, 0.29) is 36.8 Å². The first kappa shape index (κ1) is 17.6. The molecule has 0 spiro atoms. The van der Waals surface area contributed by atoms with Gasteiger partial charge >= 0.3 is 0 Å². The van der Waals surface area contributed by atoms with E-state index in [2.05, 4.69) is 0 Å². The minimum atomic E-state index is -0.577. The molecule has 6 nitrogen and oxygen atoms in total. The number of ether oxygens (including phenoxy) is 1. The Bertz CT molecular complexity index is 596. The lowest BCUT2D eigenvalue weighted by molar-refractivity contribution is -0.134. The zero-order valence-corrected chi connectivity index (χ0v) is 13.9. The number of rotatable bonds is 2. The Morgan fingerprint density at radius 3 is 2.87 bits per heavy atom. The van der Waals surface area contributed by atoms with Crippen LogP contribution in [0.1, 0.15) is 19.8 Å². The molecular formula is C16H22ClN3O3. The van der Waals surface area contributed by atoms with Crippen molar-refractivity contribution < 1.29 is 14.3 Å². The third-order valence-corrected chi connectivity index (χ3v) is 4.18. The molecule has 2 N–H and O–H groups in total. The molecule has 0 aromatic heterocycles. The maximum Gasteiger partial charge on any atom is 0.268 e. The van der Waals surface area contributed by atoms with E-state index in [1.165, 1.54) is 4.90 Å². The zero-order chi connectivity index (χ0) is 15.7. The standard InChI is InChI=1S/C16H21N3O3.ClH/c1-11-16(21)19(13-6-2-3-7-14(13)22-11)10-15(20)18-8-4-5-12(17)9-18;/h2-3,6-7,11-12H,4-5,8-10,17H2,1H3;1H. The van der Waals surface area contributed by atoms with Crippen molar-refractivity contribution in [3.05, 3.63) is 24.3 Å². The number of nitrogens with zero attached hydrogens (tertiary/aromatic N) is 2. The van der Waals surface area contributed by atoms with Gasteiger partial charge < -0.3 is 15.4 Å². The molecule has 0 bridgehead atoms. The average Bonchev–Trinajstić information content (AvgIpc) is 2.51. The summed E-state index contributed by atoms with van der Waals surface area (Å²) in [6.07, 6.45) is 1.28. The summed E-state index contributed by atoms with van der Waals surface area (Å²) in [6, 6.07) is 7.33. The molecule has 2 heterocycles. The lowest BCUT2D eigenvalue weighted by atomic mass is 10.1. The van der Waals surface area contributed by atoms with Crippen LogP contribution < -0.4 is 15.4 Å². The second kappa shape index (κ2) is 7.19. The minimum Gasteiger partial charge on any atom is -0.479 e. The van der Waals surface area contributed by atoms with Crippen LogP contribution in [0.2, 0.25) is 0 Å². The van der Waals surface area contributed by atoms with Crippen LogP contribution >= 0.6 is 12.4 Å². The molecule has 1 saturated heterocycles. The molecule has 0 aliphatic carbocycles. The first-order chi connectivity index (χ1) is 10.6. The molecule has 2 unspecified atom stereocenters. The number of piperidine rings is 1. The SMILES string of the molecule is CC1Oc2ccccc2N(CC(=O)N2CCCC(N)C2)C1=O.Cl. The monoisotopic (exact) mass is 339 g/mol. The second-order valence-electron chi connectivity index (χ2n) is 5.89. The van der Waals surface area contributed by atoms with Crippen LogP contribution in [0.25, 0.3) is 0 Å². The summed E-state index contributed by atoms with van der Waals surface area (Å²) in [5.41, 5.74) is 6.58. The molecule has 0 radical (unpaired) electrons. The van der Waals surface area contributed by atoms with Crippen LogP contribution in [-0.4, -0.2) is 48.5 Å². The third kappa shape index (κ3) is 3.59. The summed E-state index contributed by atoms with van der Waals surface area (Å²) in [6.45, 7) is 3.01. The fourth-order valence-corrected chi connectivity index (χ4v) is 2.99. The van der Waals surface area contributed by atoms with E-state index in [1.54, 1.807) is 17.9 Å². The van der Waals surface area contributed by atoms with Crippen LogP contribution in [0.4, 0.5) is 5.69 Å². The van der Waals surface area contributed by atoms with Gasteiger partial charge in [0.1, 0.15) is 12.3 Å². The van der Waals surface area contributed by atoms with E-state index in [9.17, 15) is 9.59 Å². The number of para-hydroxylation sites is 2. The Morgan fingerprint density at radius 1 is 1.39 bits per heavy atom. The van der Waals surface area contributed by atoms with E-state index in [1.807, 2.05) is 18.2 Å². The number of hydrogen-bond donors (Lipinski definition) is 1. The van der Waals surface area contributed by atoms with Gasteiger partial charge in [-0.15, -0.1) is 12.4 Å². The van der Waals surface area contributed by atoms with Crippen LogP contribution in [0.3, 0.4) is 0 Å². The molecule has 1 aromatic carbocycles. The topological polar surface area (TPSA) is 75.9 Å². The number of fused-ring (bicyclic) bond motifs is 1. The van der Waals surface area contributed by atoms with Crippen LogP contribution in [0.5, 0.6) is 5.75 Å². The number of likely N-dealkylation sites (tertiary alicyclic amines) is 1. The van der Waals surface area contributed by atoms with Crippen molar-refractivity contribution in [1.82, 2.24) is 4.90 Å². The minimum absolute atomic E-state index is 0. The first-order valence-corrected chi connectivity index (χ1v) is 7.66. The molecule has 7 heteroatoms. The van der Waals surface area contributed by atoms with Crippen molar-refractivity contribution in [2.45, 2.75) is 31.9 Å². The predicted octanol–water partition coefficient (Wildman–Crippen LogP) is 1.17. The van der Waals surface area contributed by atoms with E-state index in [0.717, 1.165) is 12.8 Å². The second-order valence-corrected chi connectivity index (χ2v) is 5.89. The Morgan fingerprint density at radius 2 is 2.13 bits per heavy atom. The lowest BCUT2D eigenvalue weighted by Gasteiger charge is -2.36. The number of nitrogens with two attached hydrogens (primary N) is 1. The summed E-state index contributed by atoms with van der Waals surface area (Å²) in [5.74, 6) is 0.388. The Balaban J connectivity index is 0.00000192. The normalized spacial score (nSPS) is 23.7. The van der Waals surface area contributed by atoms with Crippen molar-refractivity contribution in [2.24, 2.45) is 5.73 Å². The van der Waals surface area contributed by atoms with Gasteiger partial charge in [0.05, 0.1) is 5.69 Å². The molecule has 2 aliphatic heterocycles. The highest BCUT2D eigenvalue weighted by atomic mass is 35.5. The van der Waals surface area contributed by atoms with Crippen molar-refractivity contribution in [2.75, 3.05) is 24.5 Å².